The smallest absolute Gasteiger partial charge is 0.326 e. The molecule has 12 heteroatoms. The first-order valence-electron chi connectivity index (χ1n) is 12.4. The zero-order chi connectivity index (χ0) is 27.5. The lowest BCUT2D eigenvalue weighted by molar-refractivity contribution is -0.142. The van der Waals surface area contributed by atoms with Gasteiger partial charge in [0.1, 0.15) is 23.9 Å². The number of hydrogen-bond acceptors (Lipinski definition) is 7. The maximum absolute atomic E-state index is 13.3. The van der Waals surface area contributed by atoms with Crippen molar-refractivity contribution >= 4 is 29.6 Å². The first-order valence-corrected chi connectivity index (χ1v) is 12.4. The van der Waals surface area contributed by atoms with E-state index in [0.29, 0.717) is 24.9 Å². The molecule has 0 spiro atoms. The lowest BCUT2D eigenvalue weighted by atomic mass is 9.96. The van der Waals surface area contributed by atoms with Crippen LogP contribution in [0.3, 0.4) is 0 Å². The number of aromatic hydroxyl groups is 1. The zero-order valence-electron chi connectivity index (χ0n) is 21.2. The molecule has 1 aliphatic rings. The van der Waals surface area contributed by atoms with Crippen LogP contribution in [0, 0.1) is 5.92 Å². The highest BCUT2D eigenvalue weighted by molar-refractivity contribution is 5.94. The van der Waals surface area contributed by atoms with E-state index in [1.165, 1.54) is 12.1 Å². The molecule has 1 aromatic rings. The van der Waals surface area contributed by atoms with Gasteiger partial charge in [-0.1, -0.05) is 32.4 Å². The predicted octanol–water partition coefficient (Wildman–Crippen LogP) is -0.463. The van der Waals surface area contributed by atoms with Crippen molar-refractivity contribution in [2.24, 2.45) is 11.7 Å². The normalized spacial score (nSPS) is 18.2. The second kappa shape index (κ2) is 14.2. The Morgan fingerprint density at radius 3 is 2.24 bits per heavy atom. The Bertz CT molecular complexity index is 963. The molecule has 0 bridgehead atoms. The van der Waals surface area contributed by atoms with E-state index in [1.54, 1.807) is 12.1 Å². The Hall–Kier alpha value is -3.67. The fraction of sp³-hybridized carbons (Fsp3) is 0.560. The van der Waals surface area contributed by atoms with Crippen molar-refractivity contribution in [3.63, 3.8) is 0 Å². The predicted molar refractivity (Wildman–Crippen MR) is 134 cm³/mol. The van der Waals surface area contributed by atoms with E-state index >= 15 is 0 Å². The van der Waals surface area contributed by atoms with E-state index in [1.807, 2.05) is 13.8 Å². The summed E-state index contributed by atoms with van der Waals surface area (Å²) in [5.74, 6) is -3.93. The quantitative estimate of drug-likeness (QED) is 0.171. The SMILES string of the molecule is CCC(C)C(NC(=O)C1CCCN1)C(=O)NC(Cc1ccc(O)cc1)C(=O)NC(CCC(N)=O)C(=O)O. The monoisotopic (exact) mass is 519 g/mol. The van der Waals surface area contributed by atoms with Gasteiger partial charge in [0.15, 0.2) is 0 Å². The van der Waals surface area contributed by atoms with Gasteiger partial charge in [0.05, 0.1) is 6.04 Å². The summed E-state index contributed by atoms with van der Waals surface area (Å²) in [4.78, 5) is 62.0. The summed E-state index contributed by atoms with van der Waals surface area (Å²) in [5.41, 5.74) is 5.71. The summed E-state index contributed by atoms with van der Waals surface area (Å²) in [7, 11) is 0. The molecule has 12 nitrogen and oxygen atoms in total. The van der Waals surface area contributed by atoms with Crippen molar-refractivity contribution in [2.45, 2.75) is 76.5 Å². The highest BCUT2D eigenvalue weighted by Gasteiger charge is 2.33. The minimum absolute atomic E-state index is 0.00857. The van der Waals surface area contributed by atoms with Crippen LogP contribution < -0.4 is 27.0 Å². The van der Waals surface area contributed by atoms with E-state index < -0.39 is 47.9 Å². The molecule has 8 N–H and O–H groups in total. The van der Waals surface area contributed by atoms with Crippen LogP contribution in [0.1, 0.15) is 51.5 Å². The molecule has 4 amide bonds. The Kier molecular flexibility index (Phi) is 11.3. The van der Waals surface area contributed by atoms with Crippen LogP contribution in [-0.4, -0.2) is 70.5 Å². The van der Waals surface area contributed by atoms with Gasteiger partial charge < -0.3 is 37.2 Å². The third kappa shape index (κ3) is 9.37. The number of nitrogens with two attached hydrogens (primary N) is 1. The number of nitrogens with one attached hydrogen (secondary N) is 4. The van der Waals surface area contributed by atoms with Crippen LogP contribution in [0.25, 0.3) is 0 Å². The van der Waals surface area contributed by atoms with Crippen molar-refractivity contribution in [1.82, 2.24) is 21.3 Å². The molecular weight excluding hydrogens is 482 g/mol. The largest absolute Gasteiger partial charge is 0.508 e. The van der Waals surface area contributed by atoms with Crippen LogP contribution in [0.15, 0.2) is 24.3 Å². The van der Waals surface area contributed by atoms with E-state index in [9.17, 15) is 34.2 Å². The third-order valence-electron chi connectivity index (χ3n) is 6.47. The summed E-state index contributed by atoms with van der Waals surface area (Å²) < 4.78 is 0. The van der Waals surface area contributed by atoms with E-state index in [4.69, 9.17) is 5.73 Å². The van der Waals surface area contributed by atoms with Gasteiger partial charge in [0, 0.05) is 12.8 Å². The number of carboxylic acid groups (broad SMARTS) is 1. The van der Waals surface area contributed by atoms with Crippen LogP contribution in [0.4, 0.5) is 0 Å². The number of phenolic OH excluding ortho intramolecular Hbond substituents is 1. The lowest BCUT2D eigenvalue weighted by Gasteiger charge is -2.28. The first kappa shape index (κ1) is 29.6. The number of carboxylic acids is 1. The fourth-order valence-corrected chi connectivity index (χ4v) is 4.02. The molecule has 204 valence electrons. The Balaban J connectivity index is 2.23. The van der Waals surface area contributed by atoms with E-state index in [-0.39, 0.29) is 36.8 Å². The summed E-state index contributed by atoms with van der Waals surface area (Å²) >= 11 is 0. The molecular formula is C25H37N5O7. The second-order valence-electron chi connectivity index (χ2n) is 9.36. The van der Waals surface area contributed by atoms with E-state index in [2.05, 4.69) is 21.3 Å². The molecule has 2 rings (SSSR count). The van der Waals surface area contributed by atoms with Gasteiger partial charge in [-0.15, -0.1) is 0 Å². The minimum atomic E-state index is -1.39. The number of hydrogen-bond donors (Lipinski definition) is 7. The van der Waals surface area contributed by atoms with Crippen LogP contribution >= 0.6 is 0 Å². The van der Waals surface area contributed by atoms with Gasteiger partial charge in [0.25, 0.3) is 0 Å². The molecule has 1 fully saturated rings. The van der Waals surface area contributed by atoms with Crippen molar-refractivity contribution in [1.29, 1.82) is 0 Å². The minimum Gasteiger partial charge on any atom is -0.508 e. The molecule has 0 radical (unpaired) electrons. The Morgan fingerprint density at radius 2 is 1.70 bits per heavy atom. The fourth-order valence-electron chi connectivity index (χ4n) is 4.02. The number of amides is 4. The van der Waals surface area contributed by atoms with Crippen molar-refractivity contribution in [3.05, 3.63) is 29.8 Å². The van der Waals surface area contributed by atoms with Gasteiger partial charge in [-0.2, -0.15) is 0 Å². The Labute approximate surface area is 215 Å². The average Bonchev–Trinajstić information content (AvgIpc) is 3.40. The molecule has 1 aromatic carbocycles. The number of phenols is 1. The first-order chi connectivity index (χ1) is 17.5. The molecule has 5 unspecified atom stereocenters. The van der Waals surface area contributed by atoms with Crippen LogP contribution in [0.5, 0.6) is 5.75 Å². The lowest BCUT2D eigenvalue weighted by Crippen LogP contribution is -2.59. The summed E-state index contributed by atoms with van der Waals surface area (Å²) in [6, 6.07) is 2.10. The van der Waals surface area contributed by atoms with Crippen LogP contribution in [0.2, 0.25) is 0 Å². The molecule has 37 heavy (non-hydrogen) atoms. The summed E-state index contributed by atoms with van der Waals surface area (Å²) in [6.45, 7) is 4.40. The Morgan fingerprint density at radius 1 is 1.05 bits per heavy atom. The number of aliphatic carboxylic acids is 1. The van der Waals surface area contributed by atoms with Crippen molar-refractivity contribution < 1.29 is 34.2 Å². The summed E-state index contributed by atoms with van der Waals surface area (Å²) in [6.07, 6.45) is 1.63. The maximum atomic E-state index is 13.3. The topological polar surface area (TPSA) is 200 Å². The third-order valence-corrected chi connectivity index (χ3v) is 6.47. The number of rotatable bonds is 14. The molecule has 0 saturated carbocycles. The van der Waals surface area contributed by atoms with Crippen molar-refractivity contribution in [2.75, 3.05) is 6.54 Å². The zero-order valence-corrected chi connectivity index (χ0v) is 21.2. The van der Waals surface area contributed by atoms with Gasteiger partial charge in [0.2, 0.25) is 23.6 Å². The highest BCUT2D eigenvalue weighted by atomic mass is 16.4. The number of benzene rings is 1. The second-order valence-corrected chi connectivity index (χ2v) is 9.36. The number of primary amides is 1. The maximum Gasteiger partial charge on any atom is 0.326 e. The molecule has 1 saturated heterocycles. The van der Waals surface area contributed by atoms with E-state index in [0.717, 1.165) is 6.42 Å². The van der Waals surface area contributed by atoms with Crippen molar-refractivity contribution in [3.8, 4) is 5.75 Å². The number of carbonyl (C=O) groups excluding carboxylic acids is 4. The molecule has 5 atom stereocenters. The van der Waals surface area contributed by atoms with Gasteiger partial charge in [-0.25, -0.2) is 4.79 Å². The molecule has 1 aliphatic heterocycles. The molecule has 1 heterocycles. The van der Waals surface area contributed by atoms with Gasteiger partial charge in [-0.3, -0.25) is 19.2 Å². The number of carbonyl (C=O) groups is 5. The van der Waals surface area contributed by atoms with Gasteiger partial charge >= 0.3 is 5.97 Å². The highest BCUT2D eigenvalue weighted by Crippen LogP contribution is 2.14. The molecule has 0 aliphatic carbocycles. The molecule has 0 aromatic heterocycles. The summed E-state index contributed by atoms with van der Waals surface area (Å²) in [5, 5.41) is 30.0. The standard InChI is InChI=1S/C25H37N5O7/c1-3-14(2)21(30-22(33)17-5-4-12-27-17)24(35)29-19(13-15-6-8-16(31)9-7-15)23(34)28-18(25(36)37)10-11-20(26)32/h6-9,14,17-19,21,27,31H,3-5,10-13H2,1-2H3,(H2,26,32)(H,28,34)(H,29,35)(H,30,33)(H,36,37). The van der Waals surface area contributed by atoms with Crippen LogP contribution in [-0.2, 0) is 30.4 Å². The average molecular weight is 520 g/mol. The van der Waals surface area contributed by atoms with Gasteiger partial charge in [-0.05, 0) is 49.4 Å².